The van der Waals surface area contributed by atoms with Crippen LogP contribution in [0.15, 0.2) is 18.5 Å². The van der Waals surface area contributed by atoms with Gasteiger partial charge in [0.05, 0.1) is 29.2 Å². The lowest BCUT2D eigenvalue weighted by molar-refractivity contribution is 0.0770. The van der Waals surface area contributed by atoms with Crippen LogP contribution in [0.5, 0.6) is 0 Å². The Bertz CT molecular complexity index is 674. The molecule has 0 saturated carbocycles. The van der Waals surface area contributed by atoms with E-state index in [4.69, 9.17) is 5.11 Å². The number of sulfone groups is 1. The Hall–Kier alpha value is -1.91. The minimum Gasteiger partial charge on any atom is -0.395 e. The van der Waals surface area contributed by atoms with Crippen molar-refractivity contribution in [1.82, 2.24) is 9.88 Å². The Labute approximate surface area is 123 Å². The standard InChI is InChI=1S/C14H16N2O4S/c17-8-2-1-3-12-11-15-5-4-13(12)14(18)16-6-9-21(19,20)10-7-16/h4-5,11,17H,2,6-10H2. The maximum absolute atomic E-state index is 12.5. The average Bonchev–Trinajstić information content (AvgIpc) is 2.47. The Morgan fingerprint density at radius 2 is 2.10 bits per heavy atom. The molecular weight excluding hydrogens is 292 g/mol. The number of rotatable bonds is 2. The lowest BCUT2D eigenvalue weighted by Crippen LogP contribution is -2.43. The maximum Gasteiger partial charge on any atom is 0.255 e. The first kappa shape index (κ1) is 15.5. The number of aliphatic hydroxyl groups excluding tert-OH is 1. The smallest absolute Gasteiger partial charge is 0.255 e. The highest BCUT2D eigenvalue weighted by molar-refractivity contribution is 7.91. The summed E-state index contributed by atoms with van der Waals surface area (Å²) in [6, 6.07) is 1.58. The SMILES string of the molecule is O=C(c1ccncc1C#CCCO)N1CCS(=O)(=O)CC1. The number of aliphatic hydroxyl groups is 1. The molecular formula is C14H16N2O4S. The van der Waals surface area contributed by atoms with E-state index in [2.05, 4.69) is 16.8 Å². The predicted octanol–water partition coefficient (Wildman–Crippen LogP) is -0.314. The third-order valence-electron chi connectivity index (χ3n) is 3.14. The van der Waals surface area contributed by atoms with Crippen LogP contribution in [0.4, 0.5) is 0 Å². The molecule has 21 heavy (non-hydrogen) atoms. The highest BCUT2D eigenvalue weighted by Gasteiger charge is 2.26. The second kappa shape index (κ2) is 6.70. The van der Waals surface area contributed by atoms with Gasteiger partial charge in [0.15, 0.2) is 9.84 Å². The fourth-order valence-corrected chi connectivity index (χ4v) is 3.18. The number of nitrogens with zero attached hydrogens (tertiary/aromatic N) is 2. The van der Waals surface area contributed by atoms with Crippen LogP contribution >= 0.6 is 0 Å². The van der Waals surface area contributed by atoms with E-state index >= 15 is 0 Å². The fraction of sp³-hybridized carbons (Fsp3) is 0.429. The van der Waals surface area contributed by atoms with Crippen molar-refractivity contribution in [1.29, 1.82) is 0 Å². The van der Waals surface area contributed by atoms with E-state index in [1.54, 1.807) is 6.07 Å². The Kier molecular flexibility index (Phi) is 4.94. The summed E-state index contributed by atoms with van der Waals surface area (Å²) in [6.07, 6.45) is 3.33. The molecule has 0 bridgehead atoms. The summed E-state index contributed by atoms with van der Waals surface area (Å²) >= 11 is 0. The van der Waals surface area contributed by atoms with E-state index in [9.17, 15) is 13.2 Å². The molecule has 6 nitrogen and oxygen atoms in total. The lowest BCUT2D eigenvalue weighted by Gasteiger charge is -2.27. The minimum absolute atomic E-state index is 0.00462. The van der Waals surface area contributed by atoms with Crippen LogP contribution in [0.2, 0.25) is 0 Å². The van der Waals surface area contributed by atoms with Crippen LogP contribution in [-0.4, -0.2) is 60.5 Å². The second-order valence-electron chi connectivity index (χ2n) is 4.64. The Balaban J connectivity index is 2.19. The molecule has 1 saturated heterocycles. The molecule has 2 rings (SSSR count). The van der Waals surface area contributed by atoms with Crippen molar-refractivity contribution in [2.45, 2.75) is 6.42 Å². The van der Waals surface area contributed by atoms with E-state index in [1.807, 2.05) is 0 Å². The van der Waals surface area contributed by atoms with Gasteiger partial charge in [0.1, 0.15) is 0 Å². The van der Waals surface area contributed by atoms with E-state index in [0.29, 0.717) is 17.5 Å². The summed E-state index contributed by atoms with van der Waals surface area (Å²) in [5, 5.41) is 8.73. The molecule has 1 amide bonds. The largest absolute Gasteiger partial charge is 0.395 e. The van der Waals surface area contributed by atoms with Crippen LogP contribution in [0.25, 0.3) is 0 Å². The van der Waals surface area contributed by atoms with Gasteiger partial charge in [0.2, 0.25) is 0 Å². The second-order valence-corrected chi connectivity index (χ2v) is 6.94. The van der Waals surface area contributed by atoms with Crippen molar-refractivity contribution in [3.8, 4) is 11.8 Å². The highest BCUT2D eigenvalue weighted by atomic mass is 32.2. The zero-order chi connectivity index (χ0) is 15.3. The number of hydrogen-bond donors (Lipinski definition) is 1. The Morgan fingerprint density at radius 3 is 2.76 bits per heavy atom. The van der Waals surface area contributed by atoms with Gasteiger partial charge in [0, 0.05) is 31.9 Å². The molecule has 1 aromatic heterocycles. The third-order valence-corrected chi connectivity index (χ3v) is 4.75. The van der Waals surface area contributed by atoms with Crippen molar-refractivity contribution in [3.63, 3.8) is 0 Å². The van der Waals surface area contributed by atoms with Gasteiger partial charge in [-0.2, -0.15) is 0 Å². The molecule has 1 aliphatic heterocycles. The molecule has 0 unspecified atom stereocenters. The van der Waals surface area contributed by atoms with Gasteiger partial charge in [-0.1, -0.05) is 11.8 Å². The van der Waals surface area contributed by atoms with Crippen LogP contribution < -0.4 is 0 Å². The number of hydrogen-bond acceptors (Lipinski definition) is 5. The topological polar surface area (TPSA) is 87.6 Å². The highest BCUT2D eigenvalue weighted by Crippen LogP contribution is 2.12. The zero-order valence-electron chi connectivity index (χ0n) is 11.4. The maximum atomic E-state index is 12.5. The van der Waals surface area contributed by atoms with Crippen molar-refractivity contribution >= 4 is 15.7 Å². The molecule has 1 aromatic rings. The number of pyridine rings is 1. The molecule has 0 aromatic carbocycles. The summed E-state index contributed by atoms with van der Waals surface area (Å²) in [5.74, 6) is 5.32. The molecule has 0 spiro atoms. The van der Waals surface area contributed by atoms with Gasteiger partial charge in [-0.3, -0.25) is 9.78 Å². The van der Waals surface area contributed by atoms with E-state index in [1.165, 1.54) is 17.3 Å². The summed E-state index contributed by atoms with van der Waals surface area (Å²) < 4.78 is 22.8. The third kappa shape index (κ3) is 4.03. The molecule has 1 fully saturated rings. The van der Waals surface area contributed by atoms with Crippen LogP contribution in [0.3, 0.4) is 0 Å². The monoisotopic (exact) mass is 308 g/mol. The van der Waals surface area contributed by atoms with E-state index in [-0.39, 0.29) is 37.1 Å². The summed E-state index contributed by atoms with van der Waals surface area (Å²) in [4.78, 5) is 17.9. The first-order valence-corrected chi connectivity index (χ1v) is 8.39. The summed E-state index contributed by atoms with van der Waals surface area (Å²) in [6.45, 7) is 0.362. The van der Waals surface area contributed by atoms with Crippen molar-refractivity contribution in [2.75, 3.05) is 31.2 Å². The van der Waals surface area contributed by atoms with Gasteiger partial charge < -0.3 is 10.0 Å². The molecule has 2 heterocycles. The average molecular weight is 308 g/mol. The van der Waals surface area contributed by atoms with Crippen LogP contribution in [-0.2, 0) is 9.84 Å². The van der Waals surface area contributed by atoms with Crippen molar-refractivity contribution in [2.24, 2.45) is 0 Å². The van der Waals surface area contributed by atoms with Crippen molar-refractivity contribution in [3.05, 3.63) is 29.6 Å². The predicted molar refractivity (Wildman–Crippen MR) is 77.4 cm³/mol. The number of carbonyl (C=O) groups excluding carboxylic acids is 1. The van der Waals surface area contributed by atoms with Gasteiger partial charge >= 0.3 is 0 Å². The molecule has 112 valence electrons. The first-order chi connectivity index (χ1) is 10.0. The number of aromatic nitrogens is 1. The van der Waals surface area contributed by atoms with Gasteiger partial charge in [0.25, 0.3) is 5.91 Å². The first-order valence-electron chi connectivity index (χ1n) is 6.57. The summed E-state index contributed by atoms with van der Waals surface area (Å²) in [5.41, 5.74) is 0.902. The normalized spacial score (nSPS) is 16.9. The summed E-state index contributed by atoms with van der Waals surface area (Å²) in [7, 11) is -3.02. The number of carbonyl (C=O) groups is 1. The van der Waals surface area contributed by atoms with Crippen LogP contribution in [0.1, 0.15) is 22.3 Å². The van der Waals surface area contributed by atoms with Crippen molar-refractivity contribution < 1.29 is 18.3 Å². The zero-order valence-corrected chi connectivity index (χ0v) is 12.3. The quantitative estimate of drug-likeness (QED) is 0.757. The Morgan fingerprint density at radius 1 is 1.38 bits per heavy atom. The van der Waals surface area contributed by atoms with Gasteiger partial charge in [-0.25, -0.2) is 8.42 Å². The molecule has 0 atom stereocenters. The van der Waals surface area contributed by atoms with Gasteiger partial charge in [-0.05, 0) is 6.07 Å². The molecule has 7 heteroatoms. The molecule has 0 aliphatic carbocycles. The van der Waals surface area contributed by atoms with Gasteiger partial charge in [-0.15, -0.1) is 0 Å². The molecule has 1 N–H and O–H groups in total. The van der Waals surface area contributed by atoms with E-state index in [0.717, 1.165) is 0 Å². The van der Waals surface area contributed by atoms with E-state index < -0.39 is 9.84 Å². The minimum atomic E-state index is -3.02. The number of amides is 1. The lowest BCUT2D eigenvalue weighted by atomic mass is 10.1. The van der Waals surface area contributed by atoms with Crippen LogP contribution in [0, 0.1) is 11.8 Å². The molecule has 1 aliphatic rings. The molecule has 0 radical (unpaired) electrons. The fourth-order valence-electron chi connectivity index (χ4n) is 1.98.